The fourth-order valence-corrected chi connectivity index (χ4v) is 2.74. The van der Waals surface area contributed by atoms with Gasteiger partial charge in [0.25, 0.3) is 5.56 Å². The summed E-state index contributed by atoms with van der Waals surface area (Å²) < 4.78 is 40.0. The summed E-state index contributed by atoms with van der Waals surface area (Å²) in [4.78, 5) is 25.5. The first kappa shape index (κ1) is 19.5. The second-order valence-electron chi connectivity index (χ2n) is 5.35. The smallest absolute Gasteiger partial charge is 0.340 e. The Morgan fingerprint density at radius 1 is 1.32 bits per heavy atom. The summed E-state index contributed by atoms with van der Waals surface area (Å²) in [6.07, 6.45) is -4.07. The van der Waals surface area contributed by atoms with Gasteiger partial charge >= 0.3 is 6.18 Å². The number of hydrogen-bond acceptors (Lipinski definition) is 2. The predicted molar refractivity (Wildman–Crippen MR) is 91.3 cm³/mol. The molecule has 0 spiro atoms. The van der Waals surface area contributed by atoms with Gasteiger partial charge < -0.3 is 9.47 Å². The third-order valence-electron chi connectivity index (χ3n) is 3.47. The van der Waals surface area contributed by atoms with Gasteiger partial charge in [-0.3, -0.25) is 9.59 Å². The SMILES string of the molecule is CN(Cc1ccccc1Br)C(=O)Cn1cc(C(F)(F)F)cc(Cl)c1=O. The van der Waals surface area contributed by atoms with Crippen molar-refractivity contribution >= 4 is 33.4 Å². The minimum absolute atomic E-state index is 0.238. The zero-order valence-electron chi connectivity index (χ0n) is 13.0. The van der Waals surface area contributed by atoms with Crippen LogP contribution in [0.3, 0.4) is 0 Å². The molecule has 2 aromatic rings. The largest absolute Gasteiger partial charge is 0.417 e. The van der Waals surface area contributed by atoms with Crippen LogP contribution in [0.15, 0.2) is 45.8 Å². The summed E-state index contributed by atoms with van der Waals surface area (Å²) in [5.41, 5.74) is -1.11. The van der Waals surface area contributed by atoms with Crippen LogP contribution < -0.4 is 5.56 Å². The van der Waals surface area contributed by atoms with E-state index in [1.54, 1.807) is 12.1 Å². The molecule has 2 rings (SSSR count). The maximum atomic E-state index is 12.8. The minimum Gasteiger partial charge on any atom is -0.340 e. The lowest BCUT2D eigenvalue weighted by molar-refractivity contribution is -0.138. The van der Waals surface area contributed by atoms with Crippen molar-refractivity contribution in [3.8, 4) is 0 Å². The molecule has 134 valence electrons. The van der Waals surface area contributed by atoms with Gasteiger partial charge in [0.05, 0.1) is 5.56 Å². The molecule has 0 unspecified atom stereocenters. The van der Waals surface area contributed by atoms with Crippen molar-refractivity contribution in [2.75, 3.05) is 7.05 Å². The average Bonchev–Trinajstić information content (AvgIpc) is 2.52. The van der Waals surface area contributed by atoms with Crippen LogP contribution in [0.1, 0.15) is 11.1 Å². The van der Waals surface area contributed by atoms with E-state index in [0.29, 0.717) is 16.8 Å². The summed E-state index contributed by atoms with van der Waals surface area (Å²) in [5, 5.41) is -0.587. The molecule has 1 aromatic carbocycles. The lowest BCUT2D eigenvalue weighted by Crippen LogP contribution is -2.34. The molecule has 0 radical (unpaired) electrons. The molecular weight excluding hydrogens is 425 g/mol. The van der Waals surface area contributed by atoms with Gasteiger partial charge in [0, 0.05) is 24.3 Å². The zero-order valence-corrected chi connectivity index (χ0v) is 15.3. The molecule has 0 atom stereocenters. The highest BCUT2D eigenvalue weighted by Crippen LogP contribution is 2.29. The van der Waals surface area contributed by atoms with Crippen LogP contribution in [0.4, 0.5) is 13.2 Å². The number of pyridine rings is 1. The molecule has 1 amide bonds. The number of aromatic nitrogens is 1. The first-order valence-corrected chi connectivity index (χ1v) is 8.21. The van der Waals surface area contributed by atoms with E-state index < -0.39 is 34.8 Å². The first-order valence-electron chi connectivity index (χ1n) is 7.04. The number of rotatable bonds is 4. The van der Waals surface area contributed by atoms with Crippen LogP contribution in [-0.2, 0) is 24.1 Å². The third-order valence-corrected chi connectivity index (χ3v) is 4.51. The fourth-order valence-electron chi connectivity index (χ4n) is 2.11. The van der Waals surface area contributed by atoms with Gasteiger partial charge in [-0.25, -0.2) is 0 Å². The Hall–Kier alpha value is -1.80. The highest BCUT2D eigenvalue weighted by Gasteiger charge is 2.32. The summed E-state index contributed by atoms with van der Waals surface area (Å²) in [7, 11) is 1.50. The fraction of sp³-hybridized carbons (Fsp3) is 0.250. The number of amides is 1. The molecule has 0 saturated carbocycles. The van der Waals surface area contributed by atoms with E-state index in [1.807, 2.05) is 12.1 Å². The lowest BCUT2D eigenvalue weighted by Gasteiger charge is -2.19. The van der Waals surface area contributed by atoms with Crippen molar-refractivity contribution in [2.24, 2.45) is 0 Å². The van der Waals surface area contributed by atoms with Gasteiger partial charge in [0.1, 0.15) is 11.6 Å². The van der Waals surface area contributed by atoms with Gasteiger partial charge in [-0.1, -0.05) is 45.7 Å². The van der Waals surface area contributed by atoms with E-state index in [-0.39, 0.29) is 6.54 Å². The zero-order chi connectivity index (χ0) is 18.8. The van der Waals surface area contributed by atoms with E-state index in [9.17, 15) is 22.8 Å². The van der Waals surface area contributed by atoms with E-state index in [1.165, 1.54) is 11.9 Å². The summed E-state index contributed by atoms with van der Waals surface area (Å²) in [6.45, 7) is -0.300. The number of likely N-dealkylation sites (N-methyl/N-ethyl adjacent to an activating group) is 1. The standard InChI is InChI=1S/C16H13BrClF3N2O2/c1-22(7-10-4-2-3-5-12(10)17)14(24)9-23-8-11(16(19,20)21)6-13(18)15(23)25/h2-6,8H,7,9H2,1H3. The first-order chi connectivity index (χ1) is 11.6. The van der Waals surface area contributed by atoms with Gasteiger partial charge in [-0.05, 0) is 17.7 Å². The monoisotopic (exact) mass is 436 g/mol. The van der Waals surface area contributed by atoms with Crippen molar-refractivity contribution < 1.29 is 18.0 Å². The Morgan fingerprint density at radius 2 is 1.96 bits per heavy atom. The number of halogens is 5. The lowest BCUT2D eigenvalue weighted by atomic mass is 10.2. The molecule has 4 nitrogen and oxygen atoms in total. The Bertz CT molecular complexity index is 852. The topological polar surface area (TPSA) is 42.3 Å². The molecule has 1 heterocycles. The summed E-state index contributed by atoms with van der Waals surface area (Å²) in [5.74, 6) is -0.520. The van der Waals surface area contributed by atoms with Crippen LogP contribution in [0.2, 0.25) is 5.02 Å². The average molecular weight is 438 g/mol. The van der Waals surface area contributed by atoms with Crippen LogP contribution in [0.5, 0.6) is 0 Å². The van der Waals surface area contributed by atoms with Crippen LogP contribution in [0.25, 0.3) is 0 Å². The van der Waals surface area contributed by atoms with E-state index >= 15 is 0 Å². The minimum atomic E-state index is -4.66. The second-order valence-corrected chi connectivity index (χ2v) is 6.61. The number of alkyl halides is 3. The van der Waals surface area contributed by atoms with Crippen molar-refractivity contribution in [1.82, 2.24) is 9.47 Å². The summed E-state index contributed by atoms with van der Waals surface area (Å²) in [6, 6.07) is 7.79. The number of nitrogens with zero attached hydrogens (tertiary/aromatic N) is 2. The molecule has 9 heteroatoms. The maximum absolute atomic E-state index is 12.8. The summed E-state index contributed by atoms with van der Waals surface area (Å²) >= 11 is 8.93. The number of carbonyl (C=O) groups excluding carboxylic acids is 1. The maximum Gasteiger partial charge on any atom is 0.417 e. The molecule has 0 bridgehead atoms. The Kier molecular flexibility index (Phi) is 5.95. The molecule has 0 aliphatic heterocycles. The number of carbonyl (C=O) groups is 1. The van der Waals surface area contributed by atoms with E-state index in [0.717, 1.165) is 10.0 Å². The quantitative estimate of drug-likeness (QED) is 0.727. The molecule has 0 aliphatic rings. The van der Waals surface area contributed by atoms with Gasteiger partial charge in [0.15, 0.2) is 0 Å². The highest BCUT2D eigenvalue weighted by molar-refractivity contribution is 9.10. The van der Waals surface area contributed by atoms with Gasteiger partial charge in [0.2, 0.25) is 5.91 Å². The molecular formula is C16H13BrClF3N2O2. The number of hydrogen-bond donors (Lipinski definition) is 0. The number of benzene rings is 1. The van der Waals surface area contributed by atoms with Crippen molar-refractivity contribution in [3.63, 3.8) is 0 Å². The Morgan fingerprint density at radius 3 is 2.56 bits per heavy atom. The van der Waals surface area contributed by atoms with Crippen LogP contribution in [-0.4, -0.2) is 22.4 Å². The molecule has 25 heavy (non-hydrogen) atoms. The Balaban J connectivity index is 2.21. The van der Waals surface area contributed by atoms with Crippen molar-refractivity contribution in [2.45, 2.75) is 19.3 Å². The third kappa shape index (κ3) is 4.85. The normalized spacial score (nSPS) is 11.4. The van der Waals surface area contributed by atoms with Crippen molar-refractivity contribution in [1.29, 1.82) is 0 Å². The molecule has 1 aromatic heterocycles. The molecule has 0 N–H and O–H groups in total. The predicted octanol–water partition coefficient (Wildman–Crippen LogP) is 3.94. The molecule has 0 fully saturated rings. The van der Waals surface area contributed by atoms with Gasteiger partial charge in [-0.2, -0.15) is 13.2 Å². The molecule has 0 aliphatic carbocycles. The van der Waals surface area contributed by atoms with E-state index in [2.05, 4.69) is 15.9 Å². The van der Waals surface area contributed by atoms with Gasteiger partial charge in [-0.15, -0.1) is 0 Å². The van der Waals surface area contributed by atoms with E-state index in [4.69, 9.17) is 11.6 Å². The highest BCUT2D eigenvalue weighted by atomic mass is 79.9. The van der Waals surface area contributed by atoms with Crippen LogP contribution in [0, 0.1) is 0 Å². The van der Waals surface area contributed by atoms with Crippen LogP contribution >= 0.6 is 27.5 Å². The second kappa shape index (κ2) is 7.61. The van der Waals surface area contributed by atoms with Crippen molar-refractivity contribution in [3.05, 3.63) is 67.5 Å². The molecule has 0 saturated heterocycles. The Labute approximate surface area is 154 Å².